The minimum absolute atomic E-state index is 0.189. The fraction of sp³-hybridized carbons (Fsp3) is 0.100. The average Bonchev–Trinajstić information content (AvgIpc) is 3.16. The van der Waals surface area contributed by atoms with Crippen molar-refractivity contribution in [3.8, 4) is 22.8 Å². The van der Waals surface area contributed by atoms with E-state index in [1.54, 1.807) is 36.4 Å². The average molecular weight is 385 g/mol. The molecule has 27 heavy (non-hydrogen) atoms. The summed E-state index contributed by atoms with van der Waals surface area (Å²) < 4.78 is 16.2. The lowest BCUT2D eigenvalue weighted by atomic mass is 10.2. The number of hydrogen-bond acceptors (Lipinski definition) is 5. The van der Waals surface area contributed by atoms with Crippen LogP contribution in [-0.2, 0) is 4.79 Å². The molecule has 0 radical (unpaired) electrons. The Morgan fingerprint density at radius 1 is 1.11 bits per heavy atom. The van der Waals surface area contributed by atoms with Crippen molar-refractivity contribution in [1.82, 2.24) is 5.43 Å². The number of halogens is 1. The van der Waals surface area contributed by atoms with Crippen molar-refractivity contribution < 1.29 is 18.7 Å². The first-order valence-corrected chi connectivity index (χ1v) is 8.47. The molecule has 6 nitrogen and oxygen atoms in total. The third kappa shape index (κ3) is 5.12. The number of nitrogens with one attached hydrogen (secondary N) is 1. The highest BCUT2D eigenvalue weighted by atomic mass is 35.5. The van der Waals surface area contributed by atoms with Crippen LogP contribution in [0.3, 0.4) is 0 Å². The highest BCUT2D eigenvalue weighted by Gasteiger charge is 2.06. The first kappa shape index (κ1) is 18.5. The maximum absolute atomic E-state index is 11.8. The first-order valence-electron chi connectivity index (χ1n) is 8.09. The summed E-state index contributed by atoms with van der Waals surface area (Å²) >= 11 is 5.88. The van der Waals surface area contributed by atoms with Crippen LogP contribution in [0.25, 0.3) is 11.3 Å². The molecule has 1 amide bonds. The molecule has 0 saturated heterocycles. The Hall–Kier alpha value is -3.25. The van der Waals surface area contributed by atoms with Crippen LogP contribution in [0.5, 0.6) is 11.5 Å². The number of amides is 1. The molecule has 0 fully saturated rings. The van der Waals surface area contributed by atoms with E-state index in [0.29, 0.717) is 28.0 Å². The van der Waals surface area contributed by atoms with Crippen molar-refractivity contribution >= 4 is 23.7 Å². The number of ether oxygens (including phenoxy) is 2. The lowest BCUT2D eigenvalue weighted by molar-refractivity contribution is -0.123. The van der Waals surface area contributed by atoms with Gasteiger partial charge in [-0.05, 0) is 48.5 Å². The van der Waals surface area contributed by atoms with Crippen molar-refractivity contribution in [3.63, 3.8) is 0 Å². The number of rotatable bonds is 7. The molecule has 0 saturated carbocycles. The fourth-order valence-corrected chi connectivity index (χ4v) is 2.40. The molecule has 2 aromatic carbocycles. The number of methoxy groups -OCH3 is 1. The Labute approximate surface area is 161 Å². The molecule has 3 rings (SSSR count). The van der Waals surface area contributed by atoms with Crippen molar-refractivity contribution in [2.24, 2.45) is 5.10 Å². The van der Waals surface area contributed by atoms with E-state index in [1.807, 2.05) is 24.3 Å². The quantitative estimate of drug-likeness (QED) is 0.491. The zero-order valence-electron chi connectivity index (χ0n) is 14.5. The van der Waals surface area contributed by atoms with Crippen LogP contribution < -0.4 is 14.9 Å². The highest BCUT2D eigenvalue weighted by molar-refractivity contribution is 6.30. The Morgan fingerprint density at radius 2 is 1.85 bits per heavy atom. The van der Waals surface area contributed by atoms with Crippen LogP contribution in [0, 0.1) is 0 Å². The van der Waals surface area contributed by atoms with Gasteiger partial charge in [0.25, 0.3) is 5.91 Å². The van der Waals surface area contributed by atoms with Crippen molar-refractivity contribution in [1.29, 1.82) is 0 Å². The van der Waals surface area contributed by atoms with Gasteiger partial charge in [0.1, 0.15) is 11.5 Å². The minimum Gasteiger partial charge on any atom is -0.493 e. The number of carbonyl (C=O) groups excluding carboxylic acids is 1. The van der Waals surface area contributed by atoms with E-state index < -0.39 is 5.91 Å². The molecule has 1 aromatic heterocycles. The molecule has 0 aliphatic heterocycles. The largest absolute Gasteiger partial charge is 0.493 e. The van der Waals surface area contributed by atoms with Gasteiger partial charge in [-0.2, -0.15) is 5.10 Å². The van der Waals surface area contributed by atoms with Crippen LogP contribution in [0.15, 0.2) is 70.2 Å². The molecule has 0 atom stereocenters. The Balaban J connectivity index is 1.51. The van der Waals surface area contributed by atoms with Crippen LogP contribution >= 0.6 is 11.6 Å². The lowest BCUT2D eigenvalue weighted by Crippen LogP contribution is -2.24. The molecule has 0 unspecified atom stereocenters. The number of nitrogens with zero attached hydrogens (tertiary/aromatic N) is 1. The Kier molecular flexibility index (Phi) is 6.12. The molecule has 0 aliphatic rings. The van der Waals surface area contributed by atoms with E-state index in [9.17, 15) is 4.79 Å². The summed E-state index contributed by atoms with van der Waals surface area (Å²) in [6.07, 6.45) is 1.42. The molecule has 138 valence electrons. The zero-order chi connectivity index (χ0) is 19.1. The van der Waals surface area contributed by atoms with Gasteiger partial charge in [0.05, 0.1) is 13.3 Å². The summed E-state index contributed by atoms with van der Waals surface area (Å²) in [6.45, 7) is -0.189. The maximum Gasteiger partial charge on any atom is 0.277 e. The van der Waals surface area contributed by atoms with Gasteiger partial charge in [0, 0.05) is 10.6 Å². The molecular formula is C20H17ClN2O4. The third-order valence-corrected chi connectivity index (χ3v) is 3.82. The van der Waals surface area contributed by atoms with Gasteiger partial charge in [0.2, 0.25) is 0 Å². The predicted molar refractivity (Wildman–Crippen MR) is 103 cm³/mol. The topological polar surface area (TPSA) is 73.1 Å². The van der Waals surface area contributed by atoms with E-state index in [1.165, 1.54) is 13.3 Å². The van der Waals surface area contributed by atoms with E-state index in [-0.39, 0.29) is 6.61 Å². The SMILES string of the molecule is COc1ccccc1OCC(=O)N/N=C/c1ccc(-c2ccc(Cl)cc2)o1. The monoisotopic (exact) mass is 384 g/mol. The molecule has 0 bridgehead atoms. The predicted octanol–water partition coefficient (Wildman–Crippen LogP) is 4.14. The fourth-order valence-electron chi connectivity index (χ4n) is 2.27. The number of para-hydroxylation sites is 2. The van der Waals surface area contributed by atoms with Gasteiger partial charge >= 0.3 is 0 Å². The molecule has 3 aromatic rings. The number of hydrogen-bond donors (Lipinski definition) is 1. The minimum atomic E-state index is -0.401. The number of carbonyl (C=O) groups is 1. The standard InChI is InChI=1S/C20H17ClN2O4/c1-25-18-4-2-3-5-19(18)26-13-20(24)23-22-12-16-10-11-17(27-16)14-6-8-15(21)9-7-14/h2-12H,13H2,1H3,(H,23,24)/b22-12+. The summed E-state index contributed by atoms with van der Waals surface area (Å²) in [4.78, 5) is 11.8. The van der Waals surface area contributed by atoms with E-state index in [4.69, 9.17) is 25.5 Å². The highest BCUT2D eigenvalue weighted by Crippen LogP contribution is 2.25. The van der Waals surface area contributed by atoms with Crippen LogP contribution in [0.2, 0.25) is 5.02 Å². The second kappa shape index (κ2) is 8.91. The van der Waals surface area contributed by atoms with Crippen LogP contribution in [0.4, 0.5) is 0 Å². The molecule has 1 N–H and O–H groups in total. The van der Waals surface area contributed by atoms with Gasteiger partial charge in [-0.1, -0.05) is 23.7 Å². The van der Waals surface area contributed by atoms with Gasteiger partial charge in [0.15, 0.2) is 18.1 Å². The second-order valence-corrected chi connectivity index (χ2v) is 5.88. The Morgan fingerprint density at radius 3 is 2.59 bits per heavy atom. The maximum atomic E-state index is 11.8. The molecule has 0 aliphatic carbocycles. The third-order valence-electron chi connectivity index (χ3n) is 3.56. The lowest BCUT2D eigenvalue weighted by Gasteiger charge is -2.08. The summed E-state index contributed by atoms with van der Waals surface area (Å²) in [7, 11) is 1.54. The van der Waals surface area contributed by atoms with Crippen LogP contribution in [-0.4, -0.2) is 25.8 Å². The summed E-state index contributed by atoms with van der Waals surface area (Å²) in [5, 5.41) is 4.52. The second-order valence-electron chi connectivity index (χ2n) is 5.44. The summed E-state index contributed by atoms with van der Waals surface area (Å²) in [5.74, 6) is 1.82. The van der Waals surface area contributed by atoms with Gasteiger partial charge in [-0.3, -0.25) is 4.79 Å². The van der Waals surface area contributed by atoms with Gasteiger partial charge in [-0.25, -0.2) is 5.43 Å². The first-order chi connectivity index (χ1) is 13.2. The number of hydrazone groups is 1. The molecule has 1 heterocycles. The summed E-state index contributed by atoms with van der Waals surface area (Å²) in [5.41, 5.74) is 3.28. The summed E-state index contributed by atoms with van der Waals surface area (Å²) in [6, 6.07) is 17.9. The Bertz CT molecular complexity index is 935. The van der Waals surface area contributed by atoms with Crippen molar-refractivity contribution in [2.75, 3.05) is 13.7 Å². The molecule has 0 spiro atoms. The molecular weight excluding hydrogens is 368 g/mol. The smallest absolute Gasteiger partial charge is 0.277 e. The molecule has 7 heteroatoms. The van der Waals surface area contributed by atoms with Crippen molar-refractivity contribution in [2.45, 2.75) is 0 Å². The van der Waals surface area contributed by atoms with Crippen LogP contribution in [0.1, 0.15) is 5.76 Å². The van der Waals surface area contributed by atoms with E-state index in [0.717, 1.165) is 5.56 Å². The van der Waals surface area contributed by atoms with Crippen molar-refractivity contribution in [3.05, 3.63) is 71.4 Å². The normalized spacial score (nSPS) is 10.7. The number of benzene rings is 2. The van der Waals surface area contributed by atoms with E-state index in [2.05, 4.69) is 10.5 Å². The van der Waals surface area contributed by atoms with Gasteiger partial charge < -0.3 is 13.9 Å². The zero-order valence-corrected chi connectivity index (χ0v) is 15.3. The van der Waals surface area contributed by atoms with E-state index >= 15 is 0 Å². The number of furan rings is 1. The van der Waals surface area contributed by atoms with Gasteiger partial charge in [-0.15, -0.1) is 0 Å².